The molecule has 16 heavy (non-hydrogen) atoms. The van der Waals surface area contributed by atoms with Crippen molar-refractivity contribution in [2.75, 3.05) is 31.1 Å². The molecule has 0 amide bonds. The molecule has 2 saturated heterocycles. The Bertz CT molecular complexity index is 336. The molecule has 4 nitrogen and oxygen atoms in total. The van der Waals surface area contributed by atoms with Crippen LogP contribution in [0.15, 0.2) is 0 Å². The number of nitrogens with two attached hydrogens (primary N) is 1. The molecule has 0 bridgehead atoms. The Kier molecular flexibility index (Phi) is 3.56. The highest BCUT2D eigenvalue weighted by molar-refractivity contribution is 7.91. The van der Waals surface area contributed by atoms with Crippen LogP contribution in [-0.2, 0) is 9.84 Å². The van der Waals surface area contributed by atoms with E-state index in [2.05, 4.69) is 4.90 Å². The molecule has 94 valence electrons. The molecule has 0 aliphatic carbocycles. The van der Waals surface area contributed by atoms with Crippen LogP contribution in [-0.4, -0.2) is 50.0 Å². The second kappa shape index (κ2) is 4.63. The maximum atomic E-state index is 11.8. The summed E-state index contributed by atoms with van der Waals surface area (Å²) in [5.41, 5.74) is 5.63. The summed E-state index contributed by atoms with van der Waals surface area (Å²) in [5.74, 6) is 0.624. The summed E-state index contributed by atoms with van der Waals surface area (Å²) in [5, 5.41) is 0. The van der Waals surface area contributed by atoms with Gasteiger partial charge in [-0.3, -0.25) is 4.90 Å². The molecule has 2 N–H and O–H groups in total. The first kappa shape index (κ1) is 12.3. The van der Waals surface area contributed by atoms with E-state index in [1.165, 1.54) is 19.3 Å². The fourth-order valence-corrected chi connectivity index (χ4v) is 5.07. The molecule has 1 unspecified atom stereocenters. The summed E-state index contributed by atoms with van der Waals surface area (Å²) >= 11 is 0. The van der Waals surface area contributed by atoms with E-state index in [0.29, 0.717) is 12.3 Å². The maximum absolute atomic E-state index is 11.8. The predicted molar refractivity (Wildman–Crippen MR) is 65.1 cm³/mol. The second-order valence-corrected chi connectivity index (χ2v) is 7.36. The average Bonchev–Trinajstić information content (AvgIpc) is 2.29. The molecular weight excluding hydrogens is 224 g/mol. The van der Waals surface area contributed by atoms with Crippen molar-refractivity contribution in [1.82, 2.24) is 4.90 Å². The van der Waals surface area contributed by atoms with Crippen LogP contribution in [0.5, 0.6) is 0 Å². The summed E-state index contributed by atoms with van der Waals surface area (Å²) in [4.78, 5) is 2.34. The molecule has 2 aliphatic heterocycles. The number of hydrogen-bond donors (Lipinski definition) is 1. The minimum Gasteiger partial charge on any atom is -0.329 e. The fraction of sp³-hybridized carbons (Fsp3) is 1.00. The van der Waals surface area contributed by atoms with E-state index in [9.17, 15) is 8.42 Å². The van der Waals surface area contributed by atoms with Crippen LogP contribution in [0.25, 0.3) is 0 Å². The summed E-state index contributed by atoms with van der Waals surface area (Å²) in [6.07, 6.45) is 5.35. The molecule has 2 fully saturated rings. The van der Waals surface area contributed by atoms with Crippen LogP contribution >= 0.6 is 0 Å². The van der Waals surface area contributed by atoms with Gasteiger partial charge in [-0.25, -0.2) is 8.42 Å². The Morgan fingerprint density at radius 3 is 2.38 bits per heavy atom. The minimum atomic E-state index is -2.87. The minimum absolute atomic E-state index is 0.252. The fourth-order valence-electron chi connectivity index (χ4n) is 3.08. The maximum Gasteiger partial charge on any atom is 0.152 e. The van der Waals surface area contributed by atoms with Gasteiger partial charge in [-0.1, -0.05) is 6.42 Å². The van der Waals surface area contributed by atoms with Crippen LogP contribution in [0.1, 0.15) is 32.1 Å². The van der Waals surface area contributed by atoms with Crippen molar-refractivity contribution in [3.05, 3.63) is 0 Å². The van der Waals surface area contributed by atoms with Gasteiger partial charge in [0.2, 0.25) is 0 Å². The first-order valence-corrected chi connectivity index (χ1v) is 8.06. The van der Waals surface area contributed by atoms with Crippen molar-refractivity contribution in [2.24, 2.45) is 5.73 Å². The third-order valence-electron chi connectivity index (χ3n) is 3.99. The lowest BCUT2D eigenvalue weighted by Gasteiger charge is -2.47. The van der Waals surface area contributed by atoms with Gasteiger partial charge in [0.25, 0.3) is 0 Å². The van der Waals surface area contributed by atoms with Crippen molar-refractivity contribution < 1.29 is 8.42 Å². The SMILES string of the molecule is NCC1(N2CCCCC2)CCCS(=O)(=O)C1. The summed E-state index contributed by atoms with van der Waals surface area (Å²) < 4.78 is 23.6. The molecule has 0 radical (unpaired) electrons. The van der Waals surface area contributed by atoms with Crippen molar-refractivity contribution in [1.29, 1.82) is 0 Å². The van der Waals surface area contributed by atoms with Gasteiger partial charge in [0.15, 0.2) is 9.84 Å². The smallest absolute Gasteiger partial charge is 0.152 e. The van der Waals surface area contributed by atoms with Crippen LogP contribution in [0.4, 0.5) is 0 Å². The van der Waals surface area contributed by atoms with Crippen LogP contribution < -0.4 is 5.73 Å². The van der Waals surface area contributed by atoms with Crippen molar-refractivity contribution in [2.45, 2.75) is 37.6 Å². The van der Waals surface area contributed by atoms with Crippen molar-refractivity contribution >= 4 is 9.84 Å². The van der Waals surface area contributed by atoms with Crippen molar-refractivity contribution in [3.8, 4) is 0 Å². The molecule has 0 saturated carbocycles. The Morgan fingerprint density at radius 2 is 1.81 bits per heavy atom. The van der Waals surface area contributed by atoms with Gasteiger partial charge in [-0.2, -0.15) is 0 Å². The number of likely N-dealkylation sites (tertiary alicyclic amines) is 1. The van der Waals surface area contributed by atoms with Gasteiger partial charge in [-0.15, -0.1) is 0 Å². The van der Waals surface area contributed by atoms with E-state index in [4.69, 9.17) is 5.73 Å². The summed E-state index contributed by atoms with van der Waals surface area (Å²) in [6, 6.07) is 0. The standard InChI is InChI=1S/C11H22N2O2S/c12-9-11(13-6-2-1-3-7-13)5-4-8-16(14,15)10-11/h1-10,12H2. The Morgan fingerprint density at radius 1 is 1.12 bits per heavy atom. The lowest BCUT2D eigenvalue weighted by atomic mass is 9.91. The molecule has 2 rings (SSSR count). The Labute approximate surface area is 98.1 Å². The molecule has 0 aromatic carbocycles. The quantitative estimate of drug-likeness (QED) is 0.765. The lowest BCUT2D eigenvalue weighted by molar-refractivity contribution is 0.0784. The van der Waals surface area contributed by atoms with Crippen LogP contribution in [0.2, 0.25) is 0 Å². The molecule has 0 spiro atoms. The van der Waals surface area contributed by atoms with Crippen LogP contribution in [0, 0.1) is 0 Å². The van der Waals surface area contributed by atoms with Gasteiger partial charge >= 0.3 is 0 Å². The normalized spacial score (nSPS) is 36.1. The van der Waals surface area contributed by atoms with E-state index in [0.717, 1.165) is 25.9 Å². The number of hydrogen-bond acceptors (Lipinski definition) is 4. The summed E-state index contributed by atoms with van der Waals surface area (Å²) in [7, 11) is -2.87. The molecule has 2 aliphatic rings. The van der Waals surface area contributed by atoms with Crippen molar-refractivity contribution in [3.63, 3.8) is 0 Å². The largest absolute Gasteiger partial charge is 0.329 e. The summed E-state index contributed by atoms with van der Waals surface area (Å²) in [6.45, 7) is 2.52. The first-order valence-electron chi connectivity index (χ1n) is 6.24. The third-order valence-corrected chi connectivity index (χ3v) is 5.88. The second-order valence-electron chi connectivity index (χ2n) is 5.17. The van der Waals surface area contributed by atoms with Gasteiger partial charge in [0.1, 0.15) is 0 Å². The number of nitrogens with zero attached hydrogens (tertiary/aromatic N) is 1. The van der Waals surface area contributed by atoms with E-state index < -0.39 is 9.84 Å². The number of rotatable bonds is 2. The van der Waals surface area contributed by atoms with E-state index in [1.54, 1.807) is 0 Å². The Hall–Kier alpha value is -0.130. The monoisotopic (exact) mass is 246 g/mol. The zero-order valence-corrected chi connectivity index (χ0v) is 10.6. The predicted octanol–water partition coefficient (Wildman–Crippen LogP) is 0.378. The lowest BCUT2D eigenvalue weighted by Crippen LogP contribution is -2.61. The average molecular weight is 246 g/mol. The van der Waals surface area contributed by atoms with E-state index >= 15 is 0 Å². The van der Waals surface area contributed by atoms with Gasteiger partial charge in [0, 0.05) is 12.1 Å². The van der Waals surface area contributed by atoms with Gasteiger partial charge in [-0.05, 0) is 38.8 Å². The molecular formula is C11H22N2O2S. The zero-order valence-electron chi connectivity index (χ0n) is 9.82. The molecule has 1 atom stereocenters. The third kappa shape index (κ3) is 2.41. The number of piperidine rings is 1. The highest BCUT2D eigenvalue weighted by Gasteiger charge is 2.42. The zero-order chi connectivity index (χ0) is 11.6. The van der Waals surface area contributed by atoms with Gasteiger partial charge < -0.3 is 5.73 Å². The topological polar surface area (TPSA) is 63.4 Å². The number of sulfone groups is 1. The van der Waals surface area contributed by atoms with E-state index in [1.807, 2.05) is 0 Å². The highest BCUT2D eigenvalue weighted by Crippen LogP contribution is 2.30. The van der Waals surface area contributed by atoms with E-state index in [-0.39, 0.29) is 11.3 Å². The Balaban J connectivity index is 2.17. The molecule has 2 heterocycles. The molecule has 0 aromatic rings. The first-order chi connectivity index (χ1) is 7.58. The molecule has 0 aromatic heterocycles. The molecule has 5 heteroatoms. The highest BCUT2D eigenvalue weighted by atomic mass is 32.2. The van der Waals surface area contributed by atoms with Crippen LogP contribution in [0.3, 0.4) is 0 Å². The van der Waals surface area contributed by atoms with Gasteiger partial charge in [0.05, 0.1) is 11.5 Å².